The van der Waals surface area contributed by atoms with Gasteiger partial charge in [-0.15, -0.1) is 0 Å². The molecule has 0 spiro atoms. The van der Waals surface area contributed by atoms with Crippen LogP contribution in [0.3, 0.4) is 0 Å². The molecule has 1 amide bonds. The summed E-state index contributed by atoms with van der Waals surface area (Å²) in [5, 5.41) is 0. The Morgan fingerprint density at radius 3 is 2.43 bits per heavy atom. The molecule has 0 aliphatic heterocycles. The first kappa shape index (κ1) is 19.6. The highest BCUT2D eigenvalue weighted by molar-refractivity contribution is 7.92. The molecule has 0 aliphatic carbocycles. The van der Waals surface area contributed by atoms with Crippen LogP contribution in [0.15, 0.2) is 83.8 Å². The minimum atomic E-state index is -3.82. The van der Waals surface area contributed by atoms with Crippen molar-refractivity contribution in [3.8, 4) is 0 Å². The summed E-state index contributed by atoms with van der Waals surface area (Å²) in [7, 11) is -3.82. The molecule has 0 fully saturated rings. The van der Waals surface area contributed by atoms with Gasteiger partial charge in [-0.1, -0.05) is 48.5 Å². The maximum absolute atomic E-state index is 12.6. The minimum absolute atomic E-state index is 0.00952. The van der Waals surface area contributed by atoms with E-state index in [0.29, 0.717) is 5.69 Å². The molecule has 3 aromatic rings. The molecule has 3 aromatic carbocycles. The Morgan fingerprint density at radius 2 is 1.68 bits per heavy atom. The number of hydrogen-bond donors (Lipinski definition) is 2. The van der Waals surface area contributed by atoms with Crippen LogP contribution < -0.4 is 10.2 Å². The maximum atomic E-state index is 12.6. The summed E-state index contributed by atoms with van der Waals surface area (Å²) in [6.45, 7) is 2.08. The molecule has 0 aliphatic rings. The Kier molecular flexibility index (Phi) is 6.08. The third-order valence-corrected chi connectivity index (χ3v) is 5.30. The zero-order valence-corrected chi connectivity index (χ0v) is 16.1. The first-order valence-electron chi connectivity index (χ1n) is 8.60. The van der Waals surface area contributed by atoms with Crippen LogP contribution in [0.1, 0.15) is 21.5 Å². The number of hydrogen-bond acceptors (Lipinski definition) is 4. The highest BCUT2D eigenvalue weighted by Gasteiger charge is 2.16. The molecule has 6 nitrogen and oxygen atoms in total. The van der Waals surface area contributed by atoms with Crippen molar-refractivity contribution in [3.63, 3.8) is 0 Å². The van der Waals surface area contributed by atoms with Crippen molar-refractivity contribution in [3.05, 3.63) is 95.6 Å². The highest BCUT2D eigenvalue weighted by atomic mass is 32.2. The van der Waals surface area contributed by atoms with E-state index in [2.05, 4.69) is 10.2 Å². The average Bonchev–Trinajstić information content (AvgIpc) is 2.68. The fourth-order valence-corrected chi connectivity index (χ4v) is 3.64. The molecule has 0 atom stereocenters. The molecule has 0 bridgehead atoms. The van der Waals surface area contributed by atoms with Crippen LogP contribution in [-0.4, -0.2) is 14.3 Å². The minimum Gasteiger partial charge on any atom is -0.280 e. The largest absolute Gasteiger partial charge is 0.280 e. The summed E-state index contributed by atoms with van der Waals surface area (Å²) in [5.74, 6) is -0.525. The summed E-state index contributed by atoms with van der Waals surface area (Å²) >= 11 is 0. The second-order valence-electron chi connectivity index (χ2n) is 6.21. The van der Waals surface area contributed by atoms with Crippen LogP contribution in [-0.2, 0) is 21.5 Å². The van der Waals surface area contributed by atoms with Gasteiger partial charge < -0.3 is 0 Å². The molecule has 0 aromatic heterocycles. The van der Waals surface area contributed by atoms with Crippen molar-refractivity contribution in [2.75, 3.05) is 4.72 Å². The zero-order valence-electron chi connectivity index (χ0n) is 15.3. The lowest BCUT2D eigenvalue weighted by atomic mass is 10.2. The summed E-state index contributed by atoms with van der Waals surface area (Å²) in [6, 6.07) is 22.2. The predicted octanol–water partition coefficient (Wildman–Crippen LogP) is 3.66. The van der Waals surface area contributed by atoms with Gasteiger partial charge in [-0.3, -0.25) is 14.4 Å². The normalized spacial score (nSPS) is 11.0. The van der Waals surface area contributed by atoms with Crippen molar-refractivity contribution >= 4 is 21.6 Å². The van der Waals surface area contributed by atoms with Gasteiger partial charge in [0.05, 0.1) is 11.5 Å². The summed E-state index contributed by atoms with van der Waals surface area (Å²) in [4.78, 5) is 17.5. The first-order chi connectivity index (χ1) is 13.4. The summed E-state index contributed by atoms with van der Waals surface area (Å²) < 4.78 is 27.7. The van der Waals surface area contributed by atoms with E-state index in [1.165, 1.54) is 24.3 Å². The molecular weight excluding hydrogens is 376 g/mol. The molecule has 7 heteroatoms. The number of benzene rings is 3. The Hall–Kier alpha value is -3.16. The fraction of sp³-hybridized carbons (Fsp3) is 0.0952. The Bertz CT molecular complexity index is 1070. The van der Waals surface area contributed by atoms with Gasteiger partial charge in [0.15, 0.2) is 0 Å². The van der Waals surface area contributed by atoms with Crippen LogP contribution in [0.4, 0.5) is 5.69 Å². The SMILES string of the molecule is Cc1cccc(NS(=O)(=O)c2cccc(C(=O)NOCc3ccccc3)c2)c1. The highest BCUT2D eigenvalue weighted by Crippen LogP contribution is 2.18. The third-order valence-electron chi connectivity index (χ3n) is 3.92. The van der Waals surface area contributed by atoms with E-state index in [1.807, 2.05) is 43.3 Å². The van der Waals surface area contributed by atoms with E-state index in [0.717, 1.165) is 11.1 Å². The molecule has 0 radical (unpaired) electrons. The lowest BCUT2D eigenvalue weighted by molar-refractivity contribution is 0.0233. The van der Waals surface area contributed by atoms with Gasteiger partial charge in [0, 0.05) is 11.3 Å². The van der Waals surface area contributed by atoms with Gasteiger partial charge >= 0.3 is 0 Å². The molecular formula is C21H20N2O4S. The molecule has 0 heterocycles. The van der Waals surface area contributed by atoms with Crippen molar-refractivity contribution in [2.24, 2.45) is 0 Å². The number of aryl methyl sites for hydroxylation is 1. The third kappa shape index (κ3) is 5.18. The molecule has 3 rings (SSSR count). The van der Waals surface area contributed by atoms with Crippen LogP contribution in [0.2, 0.25) is 0 Å². The zero-order chi connectivity index (χ0) is 20.0. The molecule has 2 N–H and O–H groups in total. The van der Waals surface area contributed by atoms with Crippen molar-refractivity contribution in [1.82, 2.24) is 5.48 Å². The Morgan fingerprint density at radius 1 is 0.929 bits per heavy atom. The van der Waals surface area contributed by atoms with Gasteiger partial charge in [0.25, 0.3) is 15.9 Å². The van der Waals surface area contributed by atoms with Crippen LogP contribution in [0.5, 0.6) is 0 Å². The van der Waals surface area contributed by atoms with Crippen molar-refractivity contribution in [1.29, 1.82) is 0 Å². The predicted molar refractivity (Wildman–Crippen MR) is 107 cm³/mol. The molecule has 0 saturated heterocycles. The average molecular weight is 396 g/mol. The van der Waals surface area contributed by atoms with E-state index in [4.69, 9.17) is 4.84 Å². The molecule has 144 valence electrons. The fourth-order valence-electron chi connectivity index (χ4n) is 2.55. The molecule has 28 heavy (non-hydrogen) atoms. The second-order valence-corrected chi connectivity index (χ2v) is 7.89. The number of carbonyl (C=O) groups excluding carboxylic acids is 1. The number of sulfonamides is 1. The molecule has 0 unspecified atom stereocenters. The van der Waals surface area contributed by atoms with Crippen molar-refractivity contribution in [2.45, 2.75) is 18.4 Å². The standard InChI is InChI=1S/C21H20N2O4S/c1-16-7-5-11-19(13-16)23-28(25,26)20-12-6-10-18(14-20)21(24)22-27-15-17-8-3-2-4-9-17/h2-14,23H,15H2,1H3,(H,22,24). The van der Waals surface area contributed by atoms with Gasteiger partial charge in [-0.2, -0.15) is 0 Å². The number of anilines is 1. The van der Waals surface area contributed by atoms with E-state index in [1.54, 1.807) is 18.2 Å². The Labute approximate surface area is 164 Å². The van der Waals surface area contributed by atoms with E-state index in [9.17, 15) is 13.2 Å². The van der Waals surface area contributed by atoms with Gasteiger partial charge in [-0.25, -0.2) is 13.9 Å². The van der Waals surface area contributed by atoms with Crippen LogP contribution >= 0.6 is 0 Å². The monoisotopic (exact) mass is 396 g/mol. The van der Waals surface area contributed by atoms with E-state index >= 15 is 0 Å². The van der Waals surface area contributed by atoms with Crippen LogP contribution in [0.25, 0.3) is 0 Å². The smallest absolute Gasteiger partial charge is 0.274 e. The Balaban J connectivity index is 1.67. The van der Waals surface area contributed by atoms with Gasteiger partial charge in [-0.05, 0) is 48.4 Å². The van der Waals surface area contributed by atoms with E-state index in [-0.39, 0.29) is 17.1 Å². The maximum Gasteiger partial charge on any atom is 0.274 e. The lowest BCUT2D eigenvalue weighted by Crippen LogP contribution is -2.24. The second kappa shape index (κ2) is 8.69. The summed E-state index contributed by atoms with van der Waals surface area (Å²) in [6.07, 6.45) is 0. The number of rotatable bonds is 7. The number of amides is 1. The number of hydroxylamine groups is 1. The van der Waals surface area contributed by atoms with Crippen LogP contribution in [0, 0.1) is 6.92 Å². The van der Waals surface area contributed by atoms with Gasteiger partial charge in [0.2, 0.25) is 0 Å². The number of nitrogens with one attached hydrogen (secondary N) is 2. The molecule has 0 saturated carbocycles. The van der Waals surface area contributed by atoms with Gasteiger partial charge in [0.1, 0.15) is 0 Å². The van der Waals surface area contributed by atoms with Crippen molar-refractivity contribution < 1.29 is 18.0 Å². The van der Waals surface area contributed by atoms with E-state index < -0.39 is 15.9 Å². The lowest BCUT2D eigenvalue weighted by Gasteiger charge is -2.10. The first-order valence-corrected chi connectivity index (χ1v) is 10.1. The number of carbonyl (C=O) groups is 1. The quantitative estimate of drug-likeness (QED) is 0.597. The topological polar surface area (TPSA) is 84.5 Å². The summed E-state index contributed by atoms with van der Waals surface area (Å²) in [5.41, 5.74) is 4.81.